The number of nitro groups is 1. The number of rotatable bonds is 6. The Hall–Kier alpha value is -2.93. The first-order valence-corrected chi connectivity index (χ1v) is 7.83. The summed E-state index contributed by atoms with van der Waals surface area (Å²) in [6.45, 7) is 1.75. The molecule has 2 N–H and O–H groups in total. The molecule has 2 rings (SSSR count). The van der Waals surface area contributed by atoms with E-state index in [-0.39, 0.29) is 22.2 Å². The van der Waals surface area contributed by atoms with Gasteiger partial charge in [0.1, 0.15) is 0 Å². The largest absolute Gasteiger partial charge is 0.352 e. The molecule has 0 saturated carbocycles. The number of hydrogen-bond donors (Lipinski definition) is 2. The van der Waals surface area contributed by atoms with Gasteiger partial charge in [-0.2, -0.15) is 0 Å². The summed E-state index contributed by atoms with van der Waals surface area (Å²) in [7, 11) is 0. The Bertz CT molecular complexity index is 823. The van der Waals surface area contributed by atoms with Crippen molar-refractivity contribution in [2.45, 2.75) is 13.3 Å². The van der Waals surface area contributed by atoms with Gasteiger partial charge in [0.05, 0.1) is 15.5 Å². The molecule has 0 aromatic heterocycles. The van der Waals surface area contributed by atoms with Crippen LogP contribution in [0.25, 0.3) is 0 Å². The Morgan fingerprint density at radius 1 is 1.20 bits per heavy atom. The van der Waals surface area contributed by atoms with Crippen LogP contribution in [0.2, 0.25) is 5.02 Å². The number of nitrogens with one attached hydrogen (secondary N) is 2. The lowest BCUT2D eigenvalue weighted by atomic mass is 10.1. The van der Waals surface area contributed by atoms with Crippen molar-refractivity contribution >= 4 is 34.8 Å². The van der Waals surface area contributed by atoms with Crippen LogP contribution in [0.3, 0.4) is 0 Å². The van der Waals surface area contributed by atoms with Gasteiger partial charge in [-0.1, -0.05) is 23.7 Å². The Morgan fingerprint density at radius 2 is 1.96 bits per heavy atom. The predicted octanol–water partition coefficient (Wildman–Crippen LogP) is 3.18. The van der Waals surface area contributed by atoms with Crippen LogP contribution in [0, 0.1) is 10.1 Å². The van der Waals surface area contributed by atoms with Gasteiger partial charge in [-0.05, 0) is 30.2 Å². The molecule has 8 heteroatoms. The molecule has 0 atom stereocenters. The number of anilines is 1. The molecule has 0 heterocycles. The van der Waals surface area contributed by atoms with Crippen LogP contribution in [0.5, 0.6) is 0 Å². The highest BCUT2D eigenvalue weighted by Gasteiger charge is 2.15. The lowest BCUT2D eigenvalue weighted by Gasteiger charge is -2.08. The second-order valence-corrected chi connectivity index (χ2v) is 5.72. The molecule has 0 bridgehead atoms. The topological polar surface area (TPSA) is 101 Å². The van der Waals surface area contributed by atoms with Crippen LogP contribution in [-0.4, -0.2) is 23.3 Å². The average molecular weight is 362 g/mol. The molecule has 0 aliphatic heterocycles. The highest BCUT2D eigenvalue weighted by atomic mass is 35.5. The van der Waals surface area contributed by atoms with Gasteiger partial charge < -0.3 is 10.6 Å². The maximum absolute atomic E-state index is 12.2. The molecular weight excluding hydrogens is 346 g/mol. The minimum Gasteiger partial charge on any atom is -0.352 e. The molecule has 0 aliphatic carbocycles. The zero-order valence-electron chi connectivity index (χ0n) is 13.4. The highest BCUT2D eigenvalue weighted by molar-refractivity contribution is 6.33. The predicted molar refractivity (Wildman–Crippen MR) is 94.9 cm³/mol. The number of non-ortho nitro benzene ring substituents is 1. The van der Waals surface area contributed by atoms with E-state index >= 15 is 0 Å². The molecule has 25 heavy (non-hydrogen) atoms. The summed E-state index contributed by atoms with van der Waals surface area (Å²) in [5.74, 6) is -0.641. The fourth-order valence-electron chi connectivity index (χ4n) is 2.22. The van der Waals surface area contributed by atoms with Crippen LogP contribution in [0.15, 0.2) is 42.5 Å². The second-order valence-electron chi connectivity index (χ2n) is 5.31. The van der Waals surface area contributed by atoms with Crippen molar-refractivity contribution in [3.8, 4) is 0 Å². The van der Waals surface area contributed by atoms with Gasteiger partial charge in [0, 0.05) is 31.3 Å². The smallest absolute Gasteiger partial charge is 0.270 e. The van der Waals surface area contributed by atoms with Gasteiger partial charge in [0.15, 0.2) is 0 Å². The first kappa shape index (κ1) is 18.4. The summed E-state index contributed by atoms with van der Waals surface area (Å²) in [6.07, 6.45) is 0.533. The summed E-state index contributed by atoms with van der Waals surface area (Å²) in [5, 5.41) is 16.3. The maximum atomic E-state index is 12.2. The standard InChI is InChI=1S/C17H16ClN3O4/c1-11(22)20-13-4-2-3-12(9-13)7-8-19-17(23)15-10-14(21(24)25)5-6-16(15)18/h2-6,9-10H,7-8H2,1H3,(H,19,23)(H,20,22). The molecular formula is C17H16ClN3O4. The van der Waals surface area contributed by atoms with E-state index in [1.165, 1.54) is 19.1 Å². The molecule has 130 valence electrons. The average Bonchev–Trinajstić information content (AvgIpc) is 2.54. The number of nitro benzene ring substituents is 1. The zero-order chi connectivity index (χ0) is 18.4. The minimum atomic E-state index is -0.583. The van der Waals surface area contributed by atoms with Crippen molar-refractivity contribution in [1.82, 2.24) is 5.32 Å². The summed E-state index contributed by atoms with van der Waals surface area (Å²) >= 11 is 5.94. The summed E-state index contributed by atoms with van der Waals surface area (Å²) in [4.78, 5) is 33.4. The quantitative estimate of drug-likeness (QED) is 0.609. The number of amides is 2. The van der Waals surface area contributed by atoms with Crippen molar-refractivity contribution < 1.29 is 14.5 Å². The van der Waals surface area contributed by atoms with Crippen molar-refractivity contribution in [3.63, 3.8) is 0 Å². The lowest BCUT2D eigenvalue weighted by Crippen LogP contribution is -2.26. The van der Waals surface area contributed by atoms with E-state index in [1.807, 2.05) is 12.1 Å². The summed E-state index contributed by atoms with van der Waals surface area (Å²) in [5.41, 5.74) is 1.47. The van der Waals surface area contributed by atoms with Crippen LogP contribution in [0.4, 0.5) is 11.4 Å². The third-order valence-corrected chi connectivity index (χ3v) is 3.68. The number of benzene rings is 2. The van der Waals surface area contributed by atoms with Crippen LogP contribution >= 0.6 is 11.6 Å². The number of carbonyl (C=O) groups excluding carboxylic acids is 2. The number of carbonyl (C=O) groups is 2. The normalized spacial score (nSPS) is 10.2. The molecule has 0 radical (unpaired) electrons. The van der Waals surface area contributed by atoms with E-state index < -0.39 is 10.8 Å². The third-order valence-electron chi connectivity index (χ3n) is 3.35. The monoisotopic (exact) mass is 361 g/mol. The molecule has 0 spiro atoms. The Morgan fingerprint density at radius 3 is 2.64 bits per heavy atom. The summed E-state index contributed by atoms with van der Waals surface area (Å²) < 4.78 is 0. The van der Waals surface area contributed by atoms with E-state index in [4.69, 9.17) is 11.6 Å². The van der Waals surface area contributed by atoms with E-state index in [0.717, 1.165) is 11.6 Å². The fraction of sp³-hybridized carbons (Fsp3) is 0.176. The van der Waals surface area contributed by atoms with Crippen LogP contribution in [-0.2, 0) is 11.2 Å². The van der Waals surface area contributed by atoms with E-state index in [0.29, 0.717) is 18.7 Å². The first-order chi connectivity index (χ1) is 11.9. The molecule has 2 aromatic carbocycles. The Balaban J connectivity index is 1.98. The summed E-state index contributed by atoms with van der Waals surface area (Å²) in [6, 6.07) is 11.0. The van der Waals surface area contributed by atoms with E-state index in [2.05, 4.69) is 10.6 Å². The highest BCUT2D eigenvalue weighted by Crippen LogP contribution is 2.22. The molecule has 0 unspecified atom stereocenters. The van der Waals surface area contributed by atoms with Gasteiger partial charge in [-0.25, -0.2) is 0 Å². The van der Waals surface area contributed by atoms with Gasteiger partial charge in [-0.15, -0.1) is 0 Å². The number of halogens is 1. The zero-order valence-corrected chi connectivity index (χ0v) is 14.2. The molecule has 0 aliphatic rings. The van der Waals surface area contributed by atoms with Gasteiger partial charge in [-0.3, -0.25) is 19.7 Å². The number of hydrogen-bond acceptors (Lipinski definition) is 4. The molecule has 2 aromatic rings. The SMILES string of the molecule is CC(=O)Nc1cccc(CCNC(=O)c2cc([N+](=O)[O-])ccc2Cl)c1. The van der Waals surface area contributed by atoms with Crippen LogP contribution < -0.4 is 10.6 Å². The van der Waals surface area contributed by atoms with Crippen molar-refractivity contribution in [1.29, 1.82) is 0 Å². The molecule has 7 nitrogen and oxygen atoms in total. The fourth-order valence-corrected chi connectivity index (χ4v) is 2.43. The maximum Gasteiger partial charge on any atom is 0.270 e. The third kappa shape index (κ3) is 5.29. The minimum absolute atomic E-state index is 0.0582. The van der Waals surface area contributed by atoms with Gasteiger partial charge in [0.2, 0.25) is 5.91 Å². The Labute approximate surface area is 149 Å². The van der Waals surface area contributed by atoms with Gasteiger partial charge >= 0.3 is 0 Å². The molecule has 0 saturated heterocycles. The van der Waals surface area contributed by atoms with Crippen LogP contribution in [0.1, 0.15) is 22.8 Å². The molecule has 0 fully saturated rings. The first-order valence-electron chi connectivity index (χ1n) is 7.45. The molecule has 2 amide bonds. The van der Waals surface area contributed by atoms with Crippen molar-refractivity contribution in [2.24, 2.45) is 0 Å². The second kappa shape index (κ2) is 8.25. The van der Waals surface area contributed by atoms with E-state index in [9.17, 15) is 19.7 Å². The Kier molecular flexibility index (Phi) is 6.08. The van der Waals surface area contributed by atoms with Crippen molar-refractivity contribution in [3.05, 3.63) is 68.7 Å². The van der Waals surface area contributed by atoms with Gasteiger partial charge in [0.25, 0.3) is 11.6 Å². The van der Waals surface area contributed by atoms with Crippen molar-refractivity contribution in [2.75, 3.05) is 11.9 Å². The number of nitrogens with zero attached hydrogens (tertiary/aromatic N) is 1. The van der Waals surface area contributed by atoms with E-state index in [1.54, 1.807) is 12.1 Å². The lowest BCUT2D eigenvalue weighted by molar-refractivity contribution is -0.384.